The standard InChI is InChI=1S/C16H21N3O.HI/c1-3-10-18-16(17-4-2)19-12-13-9-11-20-15-8-6-5-7-14(13)15;/h1,5-8,13H,4,9-12H2,2H3,(H2,17,18,19);1H. The van der Waals surface area contributed by atoms with Crippen LogP contribution in [-0.4, -0.2) is 32.2 Å². The average molecular weight is 399 g/mol. The molecule has 5 heteroatoms. The first-order chi connectivity index (χ1) is 9.85. The van der Waals surface area contributed by atoms with E-state index in [1.54, 1.807) is 0 Å². The molecule has 0 aromatic heterocycles. The number of hydrogen-bond acceptors (Lipinski definition) is 2. The SMILES string of the molecule is C#CCNC(=NCC1CCOc2ccccc21)NCC.I. The number of aliphatic imine (C=N–C) groups is 1. The number of nitrogens with one attached hydrogen (secondary N) is 2. The highest BCUT2D eigenvalue weighted by Gasteiger charge is 2.20. The maximum Gasteiger partial charge on any atom is 0.192 e. The van der Waals surface area contributed by atoms with Gasteiger partial charge in [0.15, 0.2) is 5.96 Å². The second-order valence-corrected chi connectivity index (χ2v) is 4.65. The molecule has 1 aliphatic heterocycles. The van der Waals surface area contributed by atoms with Crippen molar-refractivity contribution in [1.29, 1.82) is 0 Å². The summed E-state index contributed by atoms with van der Waals surface area (Å²) in [6.07, 6.45) is 6.26. The quantitative estimate of drug-likeness (QED) is 0.354. The number of terminal acetylenes is 1. The molecule has 0 amide bonds. The van der Waals surface area contributed by atoms with Crippen LogP contribution in [-0.2, 0) is 0 Å². The van der Waals surface area contributed by atoms with Crippen molar-refractivity contribution in [2.45, 2.75) is 19.3 Å². The molecule has 1 atom stereocenters. The Hall–Kier alpha value is -1.42. The fraction of sp³-hybridized carbons (Fsp3) is 0.438. The van der Waals surface area contributed by atoms with Gasteiger partial charge in [0, 0.05) is 19.0 Å². The Bertz CT molecular complexity index is 510. The van der Waals surface area contributed by atoms with Crippen molar-refractivity contribution in [3.05, 3.63) is 29.8 Å². The van der Waals surface area contributed by atoms with Crippen molar-refractivity contribution in [1.82, 2.24) is 10.6 Å². The monoisotopic (exact) mass is 399 g/mol. The van der Waals surface area contributed by atoms with Gasteiger partial charge in [-0.15, -0.1) is 30.4 Å². The van der Waals surface area contributed by atoms with E-state index in [1.165, 1.54) is 5.56 Å². The van der Waals surface area contributed by atoms with Crippen molar-refractivity contribution < 1.29 is 4.74 Å². The highest BCUT2D eigenvalue weighted by Crippen LogP contribution is 2.33. The van der Waals surface area contributed by atoms with Crippen LogP contribution in [0.1, 0.15) is 24.8 Å². The number of nitrogens with zero attached hydrogens (tertiary/aromatic N) is 1. The molecule has 0 radical (unpaired) electrons. The molecular weight excluding hydrogens is 377 g/mol. The topological polar surface area (TPSA) is 45.7 Å². The molecule has 114 valence electrons. The lowest BCUT2D eigenvalue weighted by Crippen LogP contribution is -2.37. The Kier molecular flexibility index (Phi) is 7.98. The van der Waals surface area contributed by atoms with E-state index in [0.717, 1.165) is 37.8 Å². The van der Waals surface area contributed by atoms with Gasteiger partial charge >= 0.3 is 0 Å². The largest absolute Gasteiger partial charge is 0.493 e. The smallest absolute Gasteiger partial charge is 0.192 e. The molecule has 2 N–H and O–H groups in total. The molecule has 0 spiro atoms. The lowest BCUT2D eigenvalue weighted by atomic mass is 9.93. The molecule has 0 saturated carbocycles. The van der Waals surface area contributed by atoms with Gasteiger partial charge < -0.3 is 15.4 Å². The molecule has 4 nitrogen and oxygen atoms in total. The molecule has 21 heavy (non-hydrogen) atoms. The summed E-state index contributed by atoms with van der Waals surface area (Å²) in [7, 11) is 0. The Morgan fingerprint density at radius 1 is 1.43 bits per heavy atom. The van der Waals surface area contributed by atoms with Crippen LogP contribution in [0.3, 0.4) is 0 Å². The van der Waals surface area contributed by atoms with Crippen LogP contribution in [0, 0.1) is 12.3 Å². The number of rotatable bonds is 4. The predicted molar refractivity (Wildman–Crippen MR) is 97.5 cm³/mol. The van der Waals surface area contributed by atoms with Gasteiger partial charge in [0.2, 0.25) is 0 Å². The van der Waals surface area contributed by atoms with Gasteiger partial charge in [-0.1, -0.05) is 24.1 Å². The van der Waals surface area contributed by atoms with Gasteiger partial charge in [0.1, 0.15) is 5.75 Å². The number of guanidine groups is 1. The van der Waals surface area contributed by atoms with E-state index in [0.29, 0.717) is 12.5 Å². The Morgan fingerprint density at radius 3 is 3.00 bits per heavy atom. The predicted octanol–water partition coefficient (Wildman–Crippen LogP) is 2.36. The van der Waals surface area contributed by atoms with Gasteiger partial charge in [-0.2, -0.15) is 0 Å². The number of para-hydroxylation sites is 1. The van der Waals surface area contributed by atoms with Gasteiger partial charge in [-0.05, 0) is 25.0 Å². The fourth-order valence-electron chi connectivity index (χ4n) is 2.28. The number of ether oxygens (including phenoxy) is 1. The zero-order valence-corrected chi connectivity index (χ0v) is 14.6. The zero-order valence-electron chi connectivity index (χ0n) is 12.3. The van der Waals surface area contributed by atoms with Gasteiger partial charge in [-0.25, -0.2) is 0 Å². The van der Waals surface area contributed by atoms with E-state index in [9.17, 15) is 0 Å². The minimum absolute atomic E-state index is 0. The summed E-state index contributed by atoms with van der Waals surface area (Å²) >= 11 is 0. The first-order valence-electron chi connectivity index (χ1n) is 7.02. The van der Waals surface area contributed by atoms with Crippen LogP contribution in [0.5, 0.6) is 5.75 Å². The molecule has 0 fully saturated rings. The van der Waals surface area contributed by atoms with Crippen molar-refractivity contribution in [3.8, 4) is 18.1 Å². The summed E-state index contributed by atoms with van der Waals surface area (Å²) in [6, 6.07) is 8.19. The molecule has 1 aliphatic rings. The van der Waals surface area contributed by atoms with Crippen molar-refractivity contribution in [2.75, 3.05) is 26.2 Å². The zero-order chi connectivity index (χ0) is 14.2. The van der Waals surface area contributed by atoms with Gasteiger partial charge in [-0.3, -0.25) is 4.99 Å². The third-order valence-electron chi connectivity index (χ3n) is 3.25. The lowest BCUT2D eigenvalue weighted by molar-refractivity contribution is 0.269. The highest BCUT2D eigenvalue weighted by molar-refractivity contribution is 14.0. The third-order valence-corrected chi connectivity index (χ3v) is 3.25. The molecule has 1 aromatic carbocycles. The molecule has 0 bridgehead atoms. The van der Waals surface area contributed by atoms with Crippen LogP contribution in [0.25, 0.3) is 0 Å². The first kappa shape index (κ1) is 17.6. The normalized spacial score (nSPS) is 16.8. The molecular formula is C16H22IN3O. The van der Waals surface area contributed by atoms with Crippen LogP contribution in [0.15, 0.2) is 29.3 Å². The van der Waals surface area contributed by atoms with Crippen LogP contribution < -0.4 is 15.4 Å². The number of benzene rings is 1. The Labute approximate surface area is 143 Å². The van der Waals surface area contributed by atoms with Crippen molar-refractivity contribution in [3.63, 3.8) is 0 Å². The molecule has 1 unspecified atom stereocenters. The molecule has 0 saturated heterocycles. The third kappa shape index (κ3) is 5.12. The molecule has 1 aromatic rings. The van der Waals surface area contributed by atoms with E-state index in [-0.39, 0.29) is 24.0 Å². The number of halogens is 1. The van der Waals surface area contributed by atoms with E-state index < -0.39 is 0 Å². The second-order valence-electron chi connectivity index (χ2n) is 4.65. The highest BCUT2D eigenvalue weighted by atomic mass is 127. The van der Waals surface area contributed by atoms with Crippen molar-refractivity contribution in [2.24, 2.45) is 4.99 Å². The molecule has 2 rings (SSSR count). The molecule has 1 heterocycles. The maximum absolute atomic E-state index is 5.67. The summed E-state index contributed by atoms with van der Waals surface area (Å²) in [5.74, 6) is 4.72. The van der Waals surface area contributed by atoms with Crippen LogP contribution in [0.2, 0.25) is 0 Å². The average Bonchev–Trinajstić information content (AvgIpc) is 2.50. The Morgan fingerprint density at radius 2 is 2.24 bits per heavy atom. The van der Waals surface area contributed by atoms with E-state index in [4.69, 9.17) is 11.2 Å². The minimum atomic E-state index is 0. The van der Waals surface area contributed by atoms with Crippen LogP contribution >= 0.6 is 24.0 Å². The van der Waals surface area contributed by atoms with E-state index >= 15 is 0 Å². The minimum Gasteiger partial charge on any atom is -0.493 e. The lowest BCUT2D eigenvalue weighted by Gasteiger charge is -2.24. The van der Waals surface area contributed by atoms with Gasteiger partial charge in [0.05, 0.1) is 13.2 Å². The summed E-state index contributed by atoms with van der Waals surface area (Å²) in [5.41, 5.74) is 1.25. The van der Waals surface area contributed by atoms with Crippen LogP contribution in [0.4, 0.5) is 0 Å². The molecule has 0 aliphatic carbocycles. The summed E-state index contributed by atoms with van der Waals surface area (Å²) in [5, 5.41) is 6.30. The summed E-state index contributed by atoms with van der Waals surface area (Å²) in [4.78, 5) is 4.62. The fourth-order valence-corrected chi connectivity index (χ4v) is 2.28. The maximum atomic E-state index is 5.67. The summed E-state index contributed by atoms with van der Waals surface area (Å²) < 4.78 is 5.67. The Balaban J connectivity index is 0.00000220. The van der Waals surface area contributed by atoms with E-state index in [2.05, 4.69) is 27.6 Å². The second kappa shape index (κ2) is 9.50. The number of hydrogen-bond donors (Lipinski definition) is 2. The van der Waals surface area contributed by atoms with E-state index in [1.807, 2.05) is 25.1 Å². The first-order valence-corrected chi connectivity index (χ1v) is 7.02. The number of fused-ring (bicyclic) bond motifs is 1. The van der Waals surface area contributed by atoms with Crippen molar-refractivity contribution >= 4 is 29.9 Å². The summed E-state index contributed by atoms with van der Waals surface area (Å²) in [6.45, 7) is 4.83. The van der Waals surface area contributed by atoms with Gasteiger partial charge in [0.25, 0.3) is 0 Å².